The molecule has 0 fully saturated rings. The van der Waals surface area contributed by atoms with Crippen LogP contribution in [-0.2, 0) is 40.1 Å². The highest BCUT2D eigenvalue weighted by molar-refractivity contribution is 5.75. The number of benzene rings is 4. The number of carboxylic acid groups (broad SMARTS) is 2. The number of quaternary nitrogens is 2. The number of hydrogen-bond donors (Lipinski definition) is 2. The normalized spacial score (nSPS) is 20.9. The van der Waals surface area contributed by atoms with Gasteiger partial charge in [0.2, 0.25) is 5.75 Å². The summed E-state index contributed by atoms with van der Waals surface area (Å²) in [7, 11) is 8.88. The lowest BCUT2D eigenvalue weighted by Crippen LogP contribution is -2.61. The smallest absolute Gasteiger partial charge is 0.362 e. The van der Waals surface area contributed by atoms with Crippen molar-refractivity contribution in [1.29, 1.82) is 0 Å². The summed E-state index contributed by atoms with van der Waals surface area (Å²) in [6.07, 6.45) is 15.5. The highest BCUT2D eigenvalue weighted by Crippen LogP contribution is 2.55. The molecule has 4 aliphatic rings. The summed E-state index contributed by atoms with van der Waals surface area (Å²) in [5.74, 6) is 0.840. The third-order valence-electron chi connectivity index (χ3n) is 16.2. The van der Waals surface area contributed by atoms with Gasteiger partial charge in [0, 0.05) is 51.0 Å². The molecule has 4 aromatic rings. The van der Waals surface area contributed by atoms with Crippen LogP contribution in [0.4, 0.5) is 0 Å². The number of fused-ring (bicyclic) bond motifs is 2. The molecule has 13 heteroatoms. The topological polar surface area (TPSA) is 147 Å². The van der Waals surface area contributed by atoms with Gasteiger partial charge in [0.25, 0.3) is 0 Å². The first-order valence-corrected chi connectivity index (χ1v) is 26.6. The number of likely N-dealkylation sites (N-methyl/N-ethyl adjacent to an activating group) is 2. The van der Waals surface area contributed by atoms with Crippen LogP contribution in [-0.4, -0.2) is 97.7 Å². The Kier molecular flexibility index (Phi) is 18.2. The molecule has 0 spiro atoms. The molecule has 4 heterocycles. The number of hydrogen-bond acceptors (Lipinski definition) is 9. The number of esters is 1. The summed E-state index contributed by atoms with van der Waals surface area (Å²) < 4.78 is 38.6. The van der Waals surface area contributed by atoms with E-state index in [1.165, 1.54) is 20.5 Å². The third-order valence-corrected chi connectivity index (χ3v) is 16.2. The molecule has 4 aliphatic heterocycles. The van der Waals surface area contributed by atoms with Gasteiger partial charge in [-0.05, 0) is 77.6 Å². The quantitative estimate of drug-likeness (QED) is 0.0336. The van der Waals surface area contributed by atoms with E-state index in [0.29, 0.717) is 91.7 Å². The molecule has 6 atom stereocenters. The first kappa shape index (κ1) is 54.0. The summed E-state index contributed by atoms with van der Waals surface area (Å²) >= 11 is 0. The molecule has 0 saturated carbocycles. The second kappa shape index (κ2) is 24.3. The lowest BCUT2D eigenvalue weighted by molar-refractivity contribution is -0.956. The minimum absolute atomic E-state index is 0.0829. The Bertz CT molecular complexity index is 2530. The van der Waals surface area contributed by atoms with Crippen molar-refractivity contribution in [2.45, 2.75) is 161 Å². The van der Waals surface area contributed by atoms with E-state index in [2.05, 4.69) is 20.9 Å². The first-order chi connectivity index (χ1) is 34.7. The van der Waals surface area contributed by atoms with Crippen molar-refractivity contribution in [2.75, 3.05) is 48.5 Å². The van der Waals surface area contributed by atoms with E-state index in [1.807, 2.05) is 67.7 Å². The van der Waals surface area contributed by atoms with Crippen molar-refractivity contribution in [3.05, 3.63) is 94.0 Å². The molecule has 6 bridgehead atoms. The van der Waals surface area contributed by atoms with Gasteiger partial charge in [-0.25, -0.2) is 9.59 Å². The Balaban J connectivity index is 1.47. The molecule has 72 heavy (non-hydrogen) atoms. The lowest BCUT2D eigenvalue weighted by atomic mass is 9.83. The van der Waals surface area contributed by atoms with E-state index in [-0.39, 0.29) is 26.5 Å². The van der Waals surface area contributed by atoms with Gasteiger partial charge in [-0.15, -0.1) is 0 Å². The minimum Gasteiger partial charge on any atom is -0.493 e. The first-order valence-electron chi connectivity index (χ1n) is 26.6. The van der Waals surface area contributed by atoms with Crippen molar-refractivity contribution in [2.24, 2.45) is 0 Å². The number of aliphatic carboxylic acids is 2. The Morgan fingerprint density at radius 2 is 1.12 bits per heavy atom. The predicted octanol–water partition coefficient (Wildman–Crippen LogP) is 12.5. The van der Waals surface area contributed by atoms with Gasteiger partial charge in [-0.1, -0.05) is 96.3 Å². The van der Waals surface area contributed by atoms with E-state index < -0.39 is 36.0 Å². The number of unbranched alkanes of at least 4 members (excludes halogenated alkanes) is 10. The van der Waals surface area contributed by atoms with Gasteiger partial charge in [0.05, 0.1) is 54.1 Å². The number of carboxylic acids is 2. The van der Waals surface area contributed by atoms with Crippen LogP contribution in [0.5, 0.6) is 46.0 Å². The Morgan fingerprint density at radius 3 is 1.69 bits per heavy atom. The van der Waals surface area contributed by atoms with Gasteiger partial charge in [-0.3, -0.25) is 4.79 Å². The average Bonchev–Trinajstić information content (AvgIpc) is 3.35. The number of methoxy groups -OCH3 is 3. The highest BCUT2D eigenvalue weighted by atomic mass is 16.6. The third kappa shape index (κ3) is 11.8. The molecule has 8 rings (SSSR count). The predicted molar refractivity (Wildman–Crippen MR) is 278 cm³/mol. The van der Waals surface area contributed by atoms with Crippen LogP contribution in [0.1, 0.15) is 156 Å². The van der Waals surface area contributed by atoms with Crippen LogP contribution >= 0.6 is 0 Å². The SMILES string of the molecule is CCCCCCCCC(C(=O)O)[N+]1(C)CCc2cc(OC)c3cc2C1Cc1ccc(cc1)Oc1cc(ccc1OC)CC1c2c(cc(OC)c(OC(C)=O)c2O3)CC[N+]1(C)C(CCCCCCCC)C(=O)O. The molecule has 0 radical (unpaired) electrons. The monoisotopic (exact) mass is 993 g/mol. The van der Waals surface area contributed by atoms with Crippen LogP contribution < -0.4 is 28.4 Å². The molecule has 6 unspecified atom stereocenters. The minimum atomic E-state index is -0.868. The van der Waals surface area contributed by atoms with Gasteiger partial charge in [-0.2, -0.15) is 0 Å². The molecule has 0 aromatic heterocycles. The number of carbonyl (C=O) groups excluding carboxylic acids is 1. The van der Waals surface area contributed by atoms with E-state index in [9.17, 15) is 24.6 Å². The fraction of sp³-hybridized carbons (Fsp3) is 0.542. The molecule has 2 N–H and O–H groups in total. The Hall–Kier alpha value is -5.79. The van der Waals surface area contributed by atoms with Crippen LogP contribution in [0.15, 0.2) is 60.7 Å². The molecular weight excluding hydrogens is 913 g/mol. The number of rotatable bonds is 22. The van der Waals surface area contributed by atoms with Crippen molar-refractivity contribution in [1.82, 2.24) is 0 Å². The number of ether oxygens (including phenoxy) is 6. The summed E-state index contributed by atoms with van der Waals surface area (Å²) in [5, 5.41) is 22.4. The molecular formula is C59H80N2O11+2. The Labute approximate surface area is 427 Å². The van der Waals surface area contributed by atoms with Crippen molar-refractivity contribution in [3.8, 4) is 46.0 Å². The maximum absolute atomic E-state index is 13.8. The zero-order valence-corrected chi connectivity index (χ0v) is 44.2. The van der Waals surface area contributed by atoms with Crippen molar-refractivity contribution >= 4 is 17.9 Å². The van der Waals surface area contributed by atoms with Gasteiger partial charge in [0.15, 0.2) is 46.6 Å². The van der Waals surface area contributed by atoms with Gasteiger partial charge < -0.3 is 47.6 Å². The highest BCUT2D eigenvalue weighted by Gasteiger charge is 2.51. The zero-order chi connectivity index (χ0) is 51.6. The molecule has 0 saturated heterocycles. The molecule has 13 nitrogen and oxygen atoms in total. The zero-order valence-electron chi connectivity index (χ0n) is 44.2. The van der Waals surface area contributed by atoms with Gasteiger partial charge >= 0.3 is 17.9 Å². The summed E-state index contributed by atoms with van der Waals surface area (Å²) in [6, 6.07) is 17.4. The van der Waals surface area contributed by atoms with E-state index in [4.69, 9.17) is 28.4 Å². The fourth-order valence-corrected chi connectivity index (χ4v) is 12.0. The van der Waals surface area contributed by atoms with E-state index in [1.54, 1.807) is 14.2 Å². The molecule has 4 aromatic carbocycles. The largest absolute Gasteiger partial charge is 0.493 e. The summed E-state index contributed by atoms with van der Waals surface area (Å²) in [4.78, 5) is 40.6. The summed E-state index contributed by atoms with van der Waals surface area (Å²) in [5.41, 5.74) is 5.48. The molecule has 0 amide bonds. The lowest BCUT2D eigenvalue weighted by Gasteiger charge is -2.49. The summed E-state index contributed by atoms with van der Waals surface area (Å²) in [6.45, 7) is 6.84. The van der Waals surface area contributed by atoms with Crippen molar-refractivity contribution < 1.29 is 62.0 Å². The van der Waals surface area contributed by atoms with Crippen LogP contribution in [0.2, 0.25) is 0 Å². The van der Waals surface area contributed by atoms with Gasteiger partial charge in [0.1, 0.15) is 17.8 Å². The average molecular weight is 993 g/mol. The van der Waals surface area contributed by atoms with Crippen LogP contribution in [0.25, 0.3) is 0 Å². The van der Waals surface area contributed by atoms with E-state index >= 15 is 0 Å². The Morgan fingerprint density at radius 1 is 0.611 bits per heavy atom. The maximum Gasteiger partial charge on any atom is 0.362 e. The standard InChI is InChI=1S/C59H78N2O11/c1-9-11-13-15-17-19-21-46(58(63)64)60(4)31-29-42-36-51(68-7)53-38-45(42)48(60)33-40-23-26-44(27-24-40)71-52-35-41(25-28-50(52)67-6)34-49-55-43(37-54(69-8)56(57(55)72-53)70-39(3)62)30-32-61(49,5)47(59(65)66)22-20-18-16-14-12-10-2/h23-28,35-38,46-49H,9-22,29-34H2,1-8H3/p+2. The van der Waals surface area contributed by atoms with Crippen LogP contribution in [0, 0.1) is 0 Å². The second-order valence-corrected chi connectivity index (χ2v) is 20.8. The number of nitrogens with zero attached hydrogens (tertiary/aromatic N) is 2. The number of carbonyl (C=O) groups is 3. The fourth-order valence-electron chi connectivity index (χ4n) is 12.0. The molecule has 390 valence electrons. The molecule has 0 aliphatic carbocycles. The van der Waals surface area contributed by atoms with Crippen molar-refractivity contribution in [3.63, 3.8) is 0 Å². The van der Waals surface area contributed by atoms with Crippen LogP contribution in [0.3, 0.4) is 0 Å². The second-order valence-electron chi connectivity index (χ2n) is 20.8. The van der Waals surface area contributed by atoms with E-state index in [0.717, 1.165) is 98.4 Å². The maximum atomic E-state index is 13.8.